The van der Waals surface area contributed by atoms with Gasteiger partial charge in [-0.2, -0.15) is 0 Å². The Hall–Kier alpha value is -3.48. The second-order valence-corrected chi connectivity index (χ2v) is 10.4. The van der Waals surface area contributed by atoms with Crippen molar-refractivity contribution in [2.24, 2.45) is 5.92 Å². The average molecular weight is 515 g/mol. The Labute approximate surface area is 225 Å². The van der Waals surface area contributed by atoms with Crippen LogP contribution in [0.15, 0.2) is 78.9 Å². The summed E-state index contributed by atoms with van der Waals surface area (Å²) in [4.78, 5) is 30.7. The maximum atomic E-state index is 13.9. The molecule has 0 aliphatic carbocycles. The maximum absolute atomic E-state index is 13.9. The van der Waals surface area contributed by atoms with Crippen molar-refractivity contribution in [1.29, 1.82) is 0 Å². The molecule has 1 N–H and O–H groups in total. The number of nitrogens with zero attached hydrogens (tertiary/aromatic N) is 2. The van der Waals surface area contributed by atoms with Crippen LogP contribution in [0.5, 0.6) is 0 Å². The number of hydrogen-bond donors (Lipinski definition) is 1. The van der Waals surface area contributed by atoms with Crippen LogP contribution in [-0.4, -0.2) is 65.6 Å². The van der Waals surface area contributed by atoms with Crippen molar-refractivity contribution in [3.05, 3.63) is 95.6 Å². The summed E-state index contributed by atoms with van der Waals surface area (Å²) >= 11 is 0. The summed E-state index contributed by atoms with van der Waals surface area (Å²) < 4.78 is 6.54. The van der Waals surface area contributed by atoms with Crippen molar-refractivity contribution in [3.8, 4) is 11.1 Å². The molecule has 0 aromatic heterocycles. The predicted octanol–water partition coefficient (Wildman–Crippen LogP) is 4.97. The second-order valence-electron chi connectivity index (χ2n) is 10.4. The first-order valence-electron chi connectivity index (χ1n) is 13.3. The first-order chi connectivity index (χ1) is 18.3. The molecule has 1 aliphatic rings. The molecule has 0 saturated carbocycles. The van der Waals surface area contributed by atoms with Gasteiger partial charge in [0.2, 0.25) is 5.91 Å². The lowest BCUT2D eigenvalue weighted by Gasteiger charge is -2.35. The number of aliphatic hydroxyl groups excluding tert-OH is 1. The third-order valence-electron chi connectivity index (χ3n) is 7.59. The quantitative estimate of drug-likeness (QED) is 0.504. The SMILES string of the molecule is C[C@H](C(=O)N(C)C[C@@H]1OCc2ccccc2-c2ccccc2C(=O)N([C@H](C)CO)C[C@@H]1C)c1ccccc1. The normalized spacial score (nSPS) is 19.5. The zero-order chi connectivity index (χ0) is 27.2. The molecule has 2 amide bonds. The van der Waals surface area contributed by atoms with E-state index in [1.54, 1.807) is 9.80 Å². The summed E-state index contributed by atoms with van der Waals surface area (Å²) in [6.45, 7) is 6.83. The van der Waals surface area contributed by atoms with Crippen LogP contribution in [0.1, 0.15) is 48.2 Å². The molecule has 38 heavy (non-hydrogen) atoms. The zero-order valence-electron chi connectivity index (χ0n) is 22.7. The molecule has 4 rings (SSSR count). The van der Waals surface area contributed by atoms with Gasteiger partial charge in [-0.15, -0.1) is 0 Å². The highest BCUT2D eigenvalue weighted by Gasteiger charge is 2.32. The third kappa shape index (κ3) is 5.98. The van der Waals surface area contributed by atoms with Gasteiger partial charge in [0.25, 0.3) is 5.91 Å². The Kier molecular flexibility index (Phi) is 8.97. The van der Waals surface area contributed by atoms with Gasteiger partial charge in [-0.1, -0.05) is 79.7 Å². The third-order valence-corrected chi connectivity index (χ3v) is 7.59. The minimum absolute atomic E-state index is 0.0192. The lowest BCUT2D eigenvalue weighted by atomic mass is 9.94. The Balaban J connectivity index is 1.67. The number of amides is 2. The molecule has 3 aromatic carbocycles. The summed E-state index contributed by atoms with van der Waals surface area (Å²) in [5.74, 6) is -0.466. The lowest BCUT2D eigenvalue weighted by Crippen LogP contribution is -2.48. The number of likely N-dealkylation sites (N-methyl/N-ethyl adjacent to an activating group) is 1. The molecule has 0 unspecified atom stereocenters. The molecule has 1 aliphatic heterocycles. The lowest BCUT2D eigenvalue weighted by molar-refractivity contribution is -0.134. The molecule has 3 aromatic rings. The topological polar surface area (TPSA) is 70.1 Å². The summed E-state index contributed by atoms with van der Waals surface area (Å²) in [6, 6.07) is 25.0. The van der Waals surface area contributed by atoms with E-state index < -0.39 is 0 Å². The van der Waals surface area contributed by atoms with Crippen molar-refractivity contribution >= 4 is 11.8 Å². The Morgan fingerprint density at radius 1 is 0.974 bits per heavy atom. The number of carbonyl (C=O) groups excluding carboxylic acids is 2. The highest BCUT2D eigenvalue weighted by atomic mass is 16.5. The summed E-state index contributed by atoms with van der Waals surface area (Å²) in [5.41, 5.74) is 4.36. The van der Waals surface area contributed by atoms with Crippen molar-refractivity contribution in [2.45, 2.75) is 45.4 Å². The number of benzene rings is 3. The number of carbonyl (C=O) groups is 2. The Morgan fingerprint density at radius 3 is 2.26 bits per heavy atom. The summed E-state index contributed by atoms with van der Waals surface area (Å²) in [6.07, 6.45) is -0.317. The number of hydrogen-bond acceptors (Lipinski definition) is 4. The molecular weight excluding hydrogens is 476 g/mol. The fourth-order valence-corrected chi connectivity index (χ4v) is 5.13. The van der Waals surface area contributed by atoms with Crippen molar-refractivity contribution < 1.29 is 19.4 Å². The molecule has 1 heterocycles. The van der Waals surface area contributed by atoms with Crippen LogP contribution in [-0.2, 0) is 16.1 Å². The van der Waals surface area contributed by atoms with Crippen molar-refractivity contribution in [1.82, 2.24) is 9.80 Å². The van der Waals surface area contributed by atoms with Gasteiger partial charge in [-0.05, 0) is 42.2 Å². The number of aliphatic hydroxyl groups is 1. The van der Waals surface area contributed by atoms with E-state index in [4.69, 9.17) is 4.74 Å². The van der Waals surface area contributed by atoms with Gasteiger partial charge < -0.3 is 19.6 Å². The first-order valence-corrected chi connectivity index (χ1v) is 13.3. The van der Waals surface area contributed by atoms with Crippen LogP contribution in [0.4, 0.5) is 0 Å². The van der Waals surface area contributed by atoms with E-state index >= 15 is 0 Å². The molecule has 4 atom stereocenters. The van der Waals surface area contributed by atoms with Gasteiger partial charge in [0.1, 0.15) is 0 Å². The van der Waals surface area contributed by atoms with E-state index in [2.05, 4.69) is 0 Å². The van der Waals surface area contributed by atoms with Crippen LogP contribution in [0.3, 0.4) is 0 Å². The maximum Gasteiger partial charge on any atom is 0.254 e. The van der Waals surface area contributed by atoms with Crippen molar-refractivity contribution in [2.75, 3.05) is 26.7 Å². The van der Waals surface area contributed by atoms with Gasteiger partial charge in [0.15, 0.2) is 0 Å². The molecule has 0 fully saturated rings. The van der Waals surface area contributed by atoms with E-state index in [-0.39, 0.29) is 42.4 Å². The molecule has 200 valence electrons. The fourth-order valence-electron chi connectivity index (χ4n) is 5.13. The molecule has 6 nitrogen and oxygen atoms in total. The molecule has 0 spiro atoms. The molecule has 6 heteroatoms. The molecular formula is C32H38N2O4. The van der Waals surface area contributed by atoms with Gasteiger partial charge in [-0.3, -0.25) is 9.59 Å². The van der Waals surface area contributed by atoms with Crippen LogP contribution < -0.4 is 0 Å². The molecule has 0 radical (unpaired) electrons. The predicted molar refractivity (Wildman–Crippen MR) is 150 cm³/mol. The average Bonchev–Trinajstić information content (AvgIpc) is 2.97. The zero-order valence-corrected chi connectivity index (χ0v) is 22.7. The van der Waals surface area contributed by atoms with E-state index in [9.17, 15) is 14.7 Å². The van der Waals surface area contributed by atoms with Crippen LogP contribution in [0.25, 0.3) is 11.1 Å². The largest absolute Gasteiger partial charge is 0.394 e. The van der Waals surface area contributed by atoms with Crippen LogP contribution in [0, 0.1) is 5.92 Å². The Bertz CT molecular complexity index is 1240. The fraction of sp³-hybridized carbons (Fsp3) is 0.375. The summed E-state index contributed by atoms with van der Waals surface area (Å²) in [7, 11) is 1.81. The van der Waals surface area contributed by atoms with Gasteiger partial charge in [0, 0.05) is 31.6 Å². The van der Waals surface area contributed by atoms with E-state index in [0.29, 0.717) is 25.3 Å². The van der Waals surface area contributed by atoms with E-state index in [1.165, 1.54) is 0 Å². The highest BCUT2D eigenvalue weighted by Crippen LogP contribution is 2.31. The van der Waals surface area contributed by atoms with E-state index in [0.717, 1.165) is 22.3 Å². The Morgan fingerprint density at radius 2 is 1.58 bits per heavy atom. The standard InChI is InChI=1S/C32H38N2O4/c1-22-18-34(23(2)20-35)32(37)29-17-11-10-16-28(29)27-15-9-8-14-26(27)21-38-30(22)19-33(4)31(36)24(3)25-12-6-5-7-13-25/h5-17,22-24,30,35H,18-21H2,1-4H3/t22-,23+,24-,30-/m0/s1. The van der Waals surface area contributed by atoms with Crippen LogP contribution in [0.2, 0.25) is 0 Å². The minimum Gasteiger partial charge on any atom is -0.394 e. The van der Waals surface area contributed by atoms with Gasteiger partial charge >= 0.3 is 0 Å². The smallest absolute Gasteiger partial charge is 0.254 e. The monoisotopic (exact) mass is 514 g/mol. The molecule has 0 bridgehead atoms. The first kappa shape index (κ1) is 27.6. The summed E-state index contributed by atoms with van der Waals surface area (Å²) in [5, 5.41) is 10.0. The molecule has 0 saturated heterocycles. The minimum atomic E-state index is -0.368. The van der Waals surface area contributed by atoms with Gasteiger partial charge in [0.05, 0.1) is 31.3 Å². The second kappa shape index (κ2) is 12.4. The van der Waals surface area contributed by atoms with Crippen LogP contribution >= 0.6 is 0 Å². The number of fused-ring (bicyclic) bond motifs is 3. The van der Waals surface area contributed by atoms with Gasteiger partial charge in [-0.25, -0.2) is 0 Å². The van der Waals surface area contributed by atoms with Crippen molar-refractivity contribution in [3.63, 3.8) is 0 Å². The number of ether oxygens (including phenoxy) is 1. The highest BCUT2D eigenvalue weighted by molar-refractivity contribution is 6.01. The van der Waals surface area contributed by atoms with E-state index in [1.807, 2.05) is 107 Å². The number of rotatable bonds is 6.